The number of aliphatic hydroxyl groups is 1. The minimum atomic E-state index is -0.0381. The molecule has 0 fully saturated rings. The van der Waals surface area contributed by atoms with Crippen molar-refractivity contribution in [1.82, 2.24) is 10.2 Å². The normalized spacial score (nSPS) is 15.2. The molecule has 0 radical (unpaired) electrons. The second-order valence-electron chi connectivity index (χ2n) is 4.51. The summed E-state index contributed by atoms with van der Waals surface area (Å²) in [5, 5.41) is 12.0. The van der Waals surface area contributed by atoms with Crippen molar-refractivity contribution in [3.05, 3.63) is 12.2 Å². The van der Waals surface area contributed by atoms with E-state index in [0.29, 0.717) is 6.54 Å². The zero-order chi connectivity index (χ0) is 12.5. The van der Waals surface area contributed by atoms with E-state index in [9.17, 15) is 4.79 Å². The molecule has 0 aromatic heterocycles. The van der Waals surface area contributed by atoms with Gasteiger partial charge in [0.1, 0.15) is 0 Å². The van der Waals surface area contributed by atoms with Crippen molar-refractivity contribution >= 4 is 6.03 Å². The predicted octanol–water partition coefficient (Wildman–Crippen LogP) is 1.90. The van der Waals surface area contributed by atoms with Gasteiger partial charge in [0.15, 0.2) is 0 Å². The van der Waals surface area contributed by atoms with E-state index in [1.165, 1.54) is 0 Å². The van der Waals surface area contributed by atoms with E-state index < -0.39 is 0 Å². The maximum Gasteiger partial charge on any atom is 0.317 e. The fourth-order valence-electron chi connectivity index (χ4n) is 1.99. The van der Waals surface area contributed by atoms with Crippen LogP contribution in [0, 0.1) is 0 Å². The number of hydrogen-bond acceptors (Lipinski definition) is 2. The van der Waals surface area contributed by atoms with Gasteiger partial charge in [-0.2, -0.15) is 0 Å². The first kappa shape index (κ1) is 14.0. The summed E-state index contributed by atoms with van der Waals surface area (Å²) >= 11 is 0. The summed E-state index contributed by atoms with van der Waals surface area (Å²) in [6, 6.07) is 0.207. The summed E-state index contributed by atoms with van der Waals surface area (Å²) in [6.07, 6.45) is 9.31. The minimum absolute atomic E-state index is 0.0302. The molecule has 0 aromatic carbocycles. The Bertz CT molecular complexity index is 246. The van der Waals surface area contributed by atoms with E-state index in [1.807, 2.05) is 0 Å². The van der Waals surface area contributed by atoms with Crippen LogP contribution in [0.25, 0.3) is 0 Å². The van der Waals surface area contributed by atoms with Gasteiger partial charge in [-0.1, -0.05) is 31.9 Å². The van der Waals surface area contributed by atoms with Crippen molar-refractivity contribution in [1.29, 1.82) is 0 Å². The first-order valence-corrected chi connectivity index (χ1v) is 6.59. The number of carbonyl (C=O) groups excluding carboxylic acids is 1. The molecule has 1 aliphatic rings. The Morgan fingerprint density at radius 1 is 1.35 bits per heavy atom. The summed E-state index contributed by atoms with van der Waals surface area (Å²) in [6.45, 7) is 3.33. The van der Waals surface area contributed by atoms with E-state index in [4.69, 9.17) is 5.11 Å². The highest BCUT2D eigenvalue weighted by molar-refractivity contribution is 5.74. The molecule has 0 bridgehead atoms. The first-order valence-electron chi connectivity index (χ1n) is 6.59. The lowest BCUT2D eigenvalue weighted by molar-refractivity contribution is 0.173. The average Bonchev–Trinajstić information content (AvgIpc) is 2.81. The SMILES string of the molecule is CCCCCN(CCO)C(=O)NC1CC=CC1. The molecule has 0 atom stereocenters. The van der Waals surface area contributed by atoms with Gasteiger partial charge in [-0.05, 0) is 19.3 Å². The van der Waals surface area contributed by atoms with Gasteiger partial charge >= 0.3 is 6.03 Å². The number of carbonyl (C=O) groups is 1. The van der Waals surface area contributed by atoms with Gasteiger partial charge in [-0.25, -0.2) is 4.79 Å². The zero-order valence-electron chi connectivity index (χ0n) is 10.7. The Morgan fingerprint density at radius 2 is 2.06 bits per heavy atom. The molecular formula is C13H24N2O2. The molecule has 0 saturated carbocycles. The van der Waals surface area contributed by atoms with Crippen LogP contribution in [-0.4, -0.2) is 41.8 Å². The Kier molecular flexibility index (Phi) is 6.70. The summed E-state index contributed by atoms with van der Waals surface area (Å²) < 4.78 is 0. The highest BCUT2D eigenvalue weighted by Crippen LogP contribution is 2.09. The number of aliphatic hydroxyl groups excluding tert-OH is 1. The van der Waals surface area contributed by atoms with Gasteiger partial charge in [0.2, 0.25) is 0 Å². The van der Waals surface area contributed by atoms with Gasteiger partial charge in [0.25, 0.3) is 0 Å². The van der Waals surface area contributed by atoms with Crippen LogP contribution in [0.5, 0.6) is 0 Å². The quantitative estimate of drug-likeness (QED) is 0.527. The van der Waals surface area contributed by atoms with Gasteiger partial charge in [0.05, 0.1) is 6.61 Å². The molecule has 2 N–H and O–H groups in total. The van der Waals surface area contributed by atoms with E-state index in [2.05, 4.69) is 24.4 Å². The number of unbranched alkanes of at least 4 members (excludes halogenated alkanes) is 2. The van der Waals surface area contributed by atoms with Crippen molar-refractivity contribution in [2.45, 2.75) is 45.1 Å². The highest BCUT2D eigenvalue weighted by atomic mass is 16.3. The average molecular weight is 240 g/mol. The Labute approximate surface area is 104 Å². The van der Waals surface area contributed by atoms with Crippen LogP contribution >= 0.6 is 0 Å². The number of rotatable bonds is 7. The second kappa shape index (κ2) is 8.12. The molecule has 0 aromatic rings. The van der Waals surface area contributed by atoms with Crippen LogP contribution in [0.2, 0.25) is 0 Å². The van der Waals surface area contributed by atoms with Gasteiger partial charge in [-0.3, -0.25) is 0 Å². The lowest BCUT2D eigenvalue weighted by Gasteiger charge is -2.24. The second-order valence-corrected chi connectivity index (χ2v) is 4.51. The van der Waals surface area contributed by atoms with E-state index in [-0.39, 0.29) is 18.7 Å². The van der Waals surface area contributed by atoms with E-state index in [0.717, 1.165) is 38.6 Å². The van der Waals surface area contributed by atoms with Crippen LogP contribution in [0.1, 0.15) is 39.0 Å². The third-order valence-electron chi connectivity index (χ3n) is 3.02. The molecule has 1 aliphatic carbocycles. The fourth-order valence-corrected chi connectivity index (χ4v) is 1.99. The molecule has 1 rings (SSSR count). The lowest BCUT2D eigenvalue weighted by atomic mass is 10.2. The molecule has 17 heavy (non-hydrogen) atoms. The number of nitrogens with one attached hydrogen (secondary N) is 1. The molecule has 0 saturated heterocycles. The predicted molar refractivity (Wildman–Crippen MR) is 68.9 cm³/mol. The number of urea groups is 1. The Morgan fingerprint density at radius 3 is 2.65 bits per heavy atom. The van der Waals surface area contributed by atoms with Gasteiger partial charge < -0.3 is 15.3 Å². The molecule has 2 amide bonds. The largest absolute Gasteiger partial charge is 0.395 e. The number of nitrogens with zero attached hydrogens (tertiary/aromatic N) is 1. The molecule has 4 nitrogen and oxygen atoms in total. The van der Waals surface area contributed by atoms with Crippen molar-refractivity contribution < 1.29 is 9.90 Å². The topological polar surface area (TPSA) is 52.6 Å². The minimum Gasteiger partial charge on any atom is -0.395 e. The molecule has 0 heterocycles. The molecule has 0 unspecified atom stereocenters. The summed E-state index contributed by atoms with van der Waals surface area (Å²) in [5.74, 6) is 0. The standard InChI is InChI=1S/C13H24N2O2/c1-2-3-6-9-15(10-11-16)13(17)14-12-7-4-5-8-12/h4-5,12,16H,2-3,6-11H2,1H3,(H,14,17). The summed E-state index contributed by atoms with van der Waals surface area (Å²) in [7, 11) is 0. The van der Waals surface area contributed by atoms with Crippen molar-refractivity contribution in [2.75, 3.05) is 19.7 Å². The summed E-state index contributed by atoms with van der Waals surface area (Å²) in [5.41, 5.74) is 0. The maximum absolute atomic E-state index is 12.0. The van der Waals surface area contributed by atoms with Crippen LogP contribution in [0.15, 0.2) is 12.2 Å². The Hall–Kier alpha value is -1.03. The monoisotopic (exact) mass is 240 g/mol. The van der Waals surface area contributed by atoms with Crippen LogP contribution < -0.4 is 5.32 Å². The van der Waals surface area contributed by atoms with E-state index in [1.54, 1.807) is 4.90 Å². The van der Waals surface area contributed by atoms with Crippen molar-refractivity contribution in [3.63, 3.8) is 0 Å². The molecule has 0 aliphatic heterocycles. The van der Waals surface area contributed by atoms with Crippen LogP contribution in [0.3, 0.4) is 0 Å². The summed E-state index contributed by atoms with van der Waals surface area (Å²) in [4.78, 5) is 13.7. The van der Waals surface area contributed by atoms with Crippen LogP contribution in [-0.2, 0) is 0 Å². The van der Waals surface area contributed by atoms with Crippen LogP contribution in [0.4, 0.5) is 4.79 Å². The maximum atomic E-state index is 12.0. The molecule has 0 spiro atoms. The first-order chi connectivity index (χ1) is 8.27. The third-order valence-corrected chi connectivity index (χ3v) is 3.02. The third kappa shape index (κ3) is 5.22. The Balaban J connectivity index is 2.30. The molecular weight excluding hydrogens is 216 g/mol. The van der Waals surface area contributed by atoms with Gasteiger partial charge in [-0.15, -0.1) is 0 Å². The number of hydrogen-bond donors (Lipinski definition) is 2. The van der Waals surface area contributed by atoms with E-state index >= 15 is 0 Å². The van der Waals surface area contributed by atoms with Crippen molar-refractivity contribution in [2.24, 2.45) is 0 Å². The lowest BCUT2D eigenvalue weighted by Crippen LogP contribution is -2.45. The van der Waals surface area contributed by atoms with Gasteiger partial charge in [0, 0.05) is 19.1 Å². The highest BCUT2D eigenvalue weighted by Gasteiger charge is 2.17. The van der Waals surface area contributed by atoms with Crippen molar-refractivity contribution in [3.8, 4) is 0 Å². The zero-order valence-corrected chi connectivity index (χ0v) is 10.7. The molecule has 98 valence electrons. The molecule has 4 heteroatoms. The fraction of sp³-hybridized carbons (Fsp3) is 0.769. The smallest absolute Gasteiger partial charge is 0.317 e. The number of amides is 2.